The average Bonchev–Trinajstić information content (AvgIpc) is 3.66. The number of nitrogens with zero attached hydrogens (tertiary/aromatic N) is 5. The van der Waals surface area contributed by atoms with E-state index >= 15 is 0 Å². The maximum atomic E-state index is 15.0. The molecule has 0 atom stereocenters. The fourth-order valence-electron chi connectivity index (χ4n) is 4.25. The Morgan fingerprint density at radius 3 is 2.66 bits per heavy atom. The third-order valence-corrected chi connectivity index (χ3v) is 6.34. The van der Waals surface area contributed by atoms with Crippen LogP contribution < -0.4 is 15.4 Å². The van der Waals surface area contributed by atoms with Gasteiger partial charge in [0.2, 0.25) is 0 Å². The lowest BCUT2D eigenvalue weighted by atomic mass is 10.1. The fourth-order valence-corrected chi connectivity index (χ4v) is 4.25. The molecular formula is C30H25FN8O2. The van der Waals surface area contributed by atoms with Gasteiger partial charge in [-0.2, -0.15) is 10.2 Å². The zero-order valence-electron chi connectivity index (χ0n) is 22.2. The van der Waals surface area contributed by atoms with E-state index in [1.165, 1.54) is 12.1 Å². The third-order valence-electron chi connectivity index (χ3n) is 6.34. The Labute approximate surface area is 234 Å². The standard InChI is InChI=1S/C30H25FN8O2/c1-18(2)27-15-29(39(38-27)21-5-7-25-19(12-21)4-3-10-32-25)37-30(40)36-26-8-6-22(13-24(26)31)41-23-9-11-33-28(14-23)20-16-34-35-17-20/h3-18H,1-2H3,(H,34,35)(H2,36,37,40). The van der Waals surface area contributed by atoms with Crippen LogP contribution in [0.5, 0.6) is 11.5 Å². The number of H-pyrrole nitrogens is 1. The monoisotopic (exact) mass is 548 g/mol. The SMILES string of the molecule is CC(C)c1cc(NC(=O)Nc2ccc(Oc3ccnc(-c4cn[nH]c4)c3)cc2F)n(-c2ccc3ncccc3c2)n1. The van der Waals surface area contributed by atoms with Crippen molar-refractivity contribution >= 4 is 28.4 Å². The van der Waals surface area contributed by atoms with Crippen LogP contribution in [0.25, 0.3) is 27.8 Å². The quantitative estimate of drug-likeness (QED) is 0.199. The smallest absolute Gasteiger partial charge is 0.324 e. The molecule has 0 saturated heterocycles. The highest BCUT2D eigenvalue weighted by Gasteiger charge is 2.16. The average molecular weight is 549 g/mol. The van der Waals surface area contributed by atoms with Crippen molar-refractivity contribution in [3.63, 3.8) is 0 Å². The van der Waals surface area contributed by atoms with Gasteiger partial charge in [0.1, 0.15) is 23.1 Å². The lowest BCUT2D eigenvalue weighted by Crippen LogP contribution is -2.22. The summed E-state index contributed by atoms with van der Waals surface area (Å²) in [7, 11) is 0. The number of hydrogen-bond donors (Lipinski definition) is 3. The minimum atomic E-state index is -0.653. The summed E-state index contributed by atoms with van der Waals surface area (Å²) in [4.78, 5) is 21.6. The molecule has 6 rings (SSSR count). The Hall–Kier alpha value is -5.58. The van der Waals surface area contributed by atoms with E-state index in [9.17, 15) is 9.18 Å². The first-order valence-electron chi connectivity index (χ1n) is 12.9. The first kappa shape index (κ1) is 25.7. The van der Waals surface area contributed by atoms with Crippen LogP contribution in [0.4, 0.5) is 20.7 Å². The van der Waals surface area contributed by atoms with Gasteiger partial charge < -0.3 is 10.1 Å². The van der Waals surface area contributed by atoms with Gasteiger partial charge in [-0.1, -0.05) is 19.9 Å². The maximum Gasteiger partial charge on any atom is 0.324 e. The number of carbonyl (C=O) groups excluding carboxylic acids is 1. The van der Waals surface area contributed by atoms with Crippen LogP contribution in [0.2, 0.25) is 0 Å². The number of benzene rings is 2. The number of fused-ring (bicyclic) bond motifs is 1. The van der Waals surface area contributed by atoms with E-state index in [2.05, 4.69) is 30.8 Å². The van der Waals surface area contributed by atoms with E-state index in [-0.39, 0.29) is 17.4 Å². The summed E-state index contributed by atoms with van der Waals surface area (Å²) in [5.41, 5.74) is 3.86. The van der Waals surface area contributed by atoms with Crippen LogP contribution in [-0.4, -0.2) is 36.0 Å². The second-order valence-corrected chi connectivity index (χ2v) is 9.59. The molecule has 204 valence electrons. The predicted octanol–water partition coefficient (Wildman–Crippen LogP) is 6.90. The molecule has 0 bridgehead atoms. The molecule has 0 saturated carbocycles. The number of amides is 2. The van der Waals surface area contributed by atoms with Crippen LogP contribution >= 0.6 is 0 Å². The fraction of sp³-hybridized carbons (Fsp3) is 0.100. The van der Waals surface area contributed by atoms with Gasteiger partial charge in [0, 0.05) is 47.7 Å². The number of urea groups is 1. The number of hydrogen-bond acceptors (Lipinski definition) is 6. The van der Waals surface area contributed by atoms with Gasteiger partial charge >= 0.3 is 6.03 Å². The molecule has 3 N–H and O–H groups in total. The van der Waals surface area contributed by atoms with E-state index in [0.29, 0.717) is 17.3 Å². The molecule has 41 heavy (non-hydrogen) atoms. The first-order chi connectivity index (χ1) is 19.9. The molecule has 2 amide bonds. The Bertz CT molecular complexity index is 1850. The number of ether oxygens (including phenoxy) is 1. The van der Waals surface area contributed by atoms with Crippen LogP contribution in [0.15, 0.2) is 91.5 Å². The summed E-state index contributed by atoms with van der Waals surface area (Å²) < 4.78 is 22.5. The van der Waals surface area contributed by atoms with E-state index in [1.807, 2.05) is 44.2 Å². The van der Waals surface area contributed by atoms with E-state index in [1.54, 1.807) is 53.7 Å². The zero-order valence-corrected chi connectivity index (χ0v) is 22.2. The molecule has 10 nitrogen and oxygen atoms in total. The molecule has 0 spiro atoms. The van der Waals surface area contributed by atoms with Crippen molar-refractivity contribution in [1.82, 2.24) is 29.9 Å². The molecule has 2 aromatic carbocycles. The minimum absolute atomic E-state index is 0.00408. The molecule has 0 aliphatic rings. The molecule has 0 aliphatic heterocycles. The largest absolute Gasteiger partial charge is 0.457 e. The summed E-state index contributed by atoms with van der Waals surface area (Å²) in [5.74, 6) is 0.667. The second kappa shape index (κ2) is 10.9. The van der Waals surface area contributed by atoms with Gasteiger partial charge in [-0.05, 0) is 48.4 Å². The van der Waals surface area contributed by atoms with Gasteiger partial charge in [0.25, 0.3) is 0 Å². The number of anilines is 2. The molecular weight excluding hydrogens is 523 g/mol. The molecule has 11 heteroatoms. The van der Waals surface area contributed by atoms with Crippen molar-refractivity contribution in [2.24, 2.45) is 0 Å². The summed E-state index contributed by atoms with van der Waals surface area (Å²) in [5, 5.41) is 17.7. The van der Waals surface area contributed by atoms with Gasteiger partial charge in [-0.3, -0.25) is 20.4 Å². The summed E-state index contributed by atoms with van der Waals surface area (Å²) >= 11 is 0. The number of pyridine rings is 2. The van der Waals surface area contributed by atoms with Crippen molar-refractivity contribution < 1.29 is 13.9 Å². The number of carbonyl (C=O) groups is 1. The van der Waals surface area contributed by atoms with Gasteiger partial charge in [-0.15, -0.1) is 0 Å². The van der Waals surface area contributed by atoms with Crippen molar-refractivity contribution in [2.75, 3.05) is 10.6 Å². The van der Waals surface area contributed by atoms with Crippen LogP contribution in [0.1, 0.15) is 25.5 Å². The number of nitrogens with one attached hydrogen (secondary N) is 3. The Balaban J connectivity index is 1.18. The lowest BCUT2D eigenvalue weighted by molar-refractivity contribution is 0.262. The Kier molecular flexibility index (Phi) is 6.82. The molecule has 0 radical (unpaired) electrons. The minimum Gasteiger partial charge on any atom is -0.457 e. The van der Waals surface area contributed by atoms with Crippen LogP contribution in [0.3, 0.4) is 0 Å². The first-order valence-corrected chi connectivity index (χ1v) is 12.9. The Morgan fingerprint density at radius 1 is 0.976 bits per heavy atom. The third kappa shape index (κ3) is 5.59. The highest BCUT2D eigenvalue weighted by molar-refractivity contribution is 5.99. The highest BCUT2D eigenvalue weighted by atomic mass is 19.1. The predicted molar refractivity (Wildman–Crippen MR) is 154 cm³/mol. The molecule has 6 aromatic rings. The zero-order chi connectivity index (χ0) is 28.3. The van der Waals surface area contributed by atoms with Gasteiger partial charge in [0.15, 0.2) is 0 Å². The molecule has 0 fully saturated rings. The number of aromatic nitrogens is 6. The highest BCUT2D eigenvalue weighted by Crippen LogP contribution is 2.29. The van der Waals surface area contributed by atoms with E-state index < -0.39 is 11.8 Å². The molecule has 4 aromatic heterocycles. The van der Waals surface area contributed by atoms with Crippen molar-refractivity contribution in [3.8, 4) is 28.4 Å². The number of aromatic amines is 1. The maximum absolute atomic E-state index is 15.0. The van der Waals surface area contributed by atoms with Crippen molar-refractivity contribution in [2.45, 2.75) is 19.8 Å². The van der Waals surface area contributed by atoms with Gasteiger partial charge in [-0.25, -0.2) is 13.9 Å². The van der Waals surface area contributed by atoms with Crippen LogP contribution in [-0.2, 0) is 0 Å². The molecule has 0 aliphatic carbocycles. The van der Waals surface area contributed by atoms with Crippen molar-refractivity contribution in [3.05, 3.63) is 103 Å². The Morgan fingerprint density at radius 2 is 1.85 bits per heavy atom. The topological polar surface area (TPSA) is 123 Å². The van der Waals surface area contributed by atoms with Crippen LogP contribution in [0, 0.1) is 5.82 Å². The van der Waals surface area contributed by atoms with E-state index in [4.69, 9.17) is 9.84 Å². The summed E-state index contributed by atoms with van der Waals surface area (Å²) in [6.07, 6.45) is 6.69. The molecule has 4 heterocycles. The van der Waals surface area contributed by atoms with E-state index in [0.717, 1.165) is 27.8 Å². The second-order valence-electron chi connectivity index (χ2n) is 9.59. The van der Waals surface area contributed by atoms with Crippen molar-refractivity contribution in [1.29, 1.82) is 0 Å². The summed E-state index contributed by atoms with van der Waals surface area (Å²) in [6, 6.07) is 18.3. The number of rotatable bonds is 7. The normalized spacial score (nSPS) is 11.1. The lowest BCUT2D eigenvalue weighted by Gasteiger charge is -2.12. The number of halogens is 1. The van der Waals surface area contributed by atoms with Gasteiger partial charge in [0.05, 0.1) is 34.5 Å². The summed E-state index contributed by atoms with van der Waals surface area (Å²) in [6.45, 7) is 4.04. The molecule has 0 unspecified atom stereocenters.